The van der Waals surface area contributed by atoms with Crippen molar-refractivity contribution in [1.29, 1.82) is 0 Å². The van der Waals surface area contributed by atoms with Gasteiger partial charge in [-0.05, 0) is 47.8 Å². The van der Waals surface area contributed by atoms with E-state index in [-0.39, 0.29) is 0 Å². The van der Waals surface area contributed by atoms with E-state index in [0.717, 1.165) is 12.5 Å². The number of halogens is 1. The summed E-state index contributed by atoms with van der Waals surface area (Å²) >= 11 is 5.40. The Labute approximate surface area is 116 Å². The number of rotatable bonds is 6. The normalized spacial score (nSPS) is 18.1. The summed E-state index contributed by atoms with van der Waals surface area (Å²) in [7, 11) is 0. The molecule has 0 aliphatic heterocycles. The number of nitrogens with one attached hydrogen (secondary N) is 1. The lowest BCUT2D eigenvalue weighted by Crippen LogP contribution is -2.30. The molecule has 0 radical (unpaired) electrons. The minimum atomic E-state index is 0.324. The molecule has 0 aromatic carbocycles. The fraction of sp³-hybridized carbons (Fsp3) is 0.692. The van der Waals surface area contributed by atoms with E-state index < -0.39 is 0 Å². The average molecular weight is 317 g/mol. The minimum Gasteiger partial charge on any atom is -0.329 e. The number of hydrogen-bond acceptors (Lipinski definition) is 3. The van der Waals surface area contributed by atoms with Crippen molar-refractivity contribution in [3.05, 3.63) is 20.3 Å². The summed E-state index contributed by atoms with van der Waals surface area (Å²) in [6.45, 7) is 3.92. The molecule has 2 rings (SSSR count). The maximum absolute atomic E-state index is 5.86. The predicted octanol–water partition coefficient (Wildman–Crippen LogP) is 3.60. The van der Waals surface area contributed by atoms with Crippen LogP contribution in [-0.4, -0.2) is 13.1 Å². The molecule has 1 aromatic heterocycles. The average Bonchev–Trinajstić information content (AvgIpc) is 2.56. The van der Waals surface area contributed by atoms with E-state index in [2.05, 4.69) is 34.2 Å². The number of aryl methyl sites for hydroxylation is 1. The fourth-order valence-corrected chi connectivity index (χ4v) is 3.85. The molecule has 2 nitrogen and oxygen atoms in total. The van der Waals surface area contributed by atoms with Crippen LogP contribution in [0.25, 0.3) is 0 Å². The Morgan fingerprint density at radius 3 is 2.82 bits per heavy atom. The van der Waals surface area contributed by atoms with Crippen molar-refractivity contribution >= 4 is 27.3 Å². The summed E-state index contributed by atoms with van der Waals surface area (Å²) in [5.41, 5.74) is 5.86. The third kappa shape index (κ3) is 3.53. The van der Waals surface area contributed by atoms with Gasteiger partial charge in [-0.25, -0.2) is 0 Å². The Hall–Kier alpha value is 0.100. The highest BCUT2D eigenvalue weighted by Gasteiger charge is 2.18. The van der Waals surface area contributed by atoms with Gasteiger partial charge >= 0.3 is 0 Å². The van der Waals surface area contributed by atoms with E-state index >= 15 is 0 Å². The molecular weight excluding hydrogens is 296 g/mol. The Morgan fingerprint density at radius 1 is 1.59 bits per heavy atom. The second-order valence-electron chi connectivity index (χ2n) is 4.88. The molecule has 3 N–H and O–H groups in total. The Morgan fingerprint density at radius 2 is 2.35 bits per heavy atom. The van der Waals surface area contributed by atoms with Crippen molar-refractivity contribution in [3.8, 4) is 0 Å². The first-order chi connectivity index (χ1) is 8.20. The summed E-state index contributed by atoms with van der Waals surface area (Å²) in [5, 5.41) is 3.59. The molecule has 1 fully saturated rings. The molecule has 1 saturated carbocycles. The van der Waals surface area contributed by atoms with Gasteiger partial charge in [0.1, 0.15) is 0 Å². The summed E-state index contributed by atoms with van der Waals surface area (Å²) in [5.74, 6) is 0.970. The summed E-state index contributed by atoms with van der Waals surface area (Å²) < 4.78 is 1.21. The summed E-state index contributed by atoms with van der Waals surface area (Å²) in [4.78, 5) is 2.68. The first-order valence-electron chi connectivity index (χ1n) is 6.40. The van der Waals surface area contributed by atoms with Crippen LogP contribution < -0.4 is 11.1 Å². The van der Waals surface area contributed by atoms with Crippen molar-refractivity contribution in [2.45, 2.75) is 38.6 Å². The highest BCUT2D eigenvalue weighted by atomic mass is 79.9. The lowest BCUT2D eigenvalue weighted by molar-refractivity contribution is 0.288. The number of nitrogens with two attached hydrogens (primary N) is 1. The third-order valence-electron chi connectivity index (χ3n) is 3.62. The van der Waals surface area contributed by atoms with E-state index in [9.17, 15) is 0 Å². The van der Waals surface area contributed by atoms with Crippen LogP contribution in [0.2, 0.25) is 0 Å². The molecule has 96 valence electrons. The minimum absolute atomic E-state index is 0.324. The first-order valence-corrected chi connectivity index (χ1v) is 8.01. The zero-order chi connectivity index (χ0) is 12.3. The van der Waals surface area contributed by atoms with Crippen molar-refractivity contribution in [2.24, 2.45) is 11.7 Å². The molecule has 0 spiro atoms. The molecule has 17 heavy (non-hydrogen) atoms. The number of thiophene rings is 1. The van der Waals surface area contributed by atoms with Gasteiger partial charge in [0.2, 0.25) is 0 Å². The van der Waals surface area contributed by atoms with Crippen molar-refractivity contribution < 1.29 is 0 Å². The second-order valence-corrected chi connectivity index (χ2v) is 7.02. The molecule has 0 amide bonds. The number of hydrogen-bond donors (Lipinski definition) is 2. The first kappa shape index (κ1) is 13.5. The van der Waals surface area contributed by atoms with Crippen LogP contribution in [0.1, 0.15) is 41.5 Å². The van der Waals surface area contributed by atoms with Gasteiger partial charge < -0.3 is 11.1 Å². The zero-order valence-corrected chi connectivity index (χ0v) is 12.7. The van der Waals surface area contributed by atoms with Gasteiger partial charge in [-0.15, -0.1) is 11.3 Å². The third-order valence-corrected chi connectivity index (χ3v) is 5.87. The predicted molar refractivity (Wildman–Crippen MR) is 78.5 cm³/mol. The van der Waals surface area contributed by atoms with Crippen molar-refractivity contribution in [1.82, 2.24) is 5.32 Å². The Kier molecular flexibility index (Phi) is 5.03. The molecule has 1 aliphatic carbocycles. The van der Waals surface area contributed by atoms with Gasteiger partial charge in [0, 0.05) is 20.8 Å². The highest BCUT2D eigenvalue weighted by molar-refractivity contribution is 9.10. The van der Waals surface area contributed by atoms with Gasteiger partial charge in [-0.3, -0.25) is 0 Å². The van der Waals surface area contributed by atoms with Crippen LogP contribution in [0.15, 0.2) is 10.5 Å². The topological polar surface area (TPSA) is 38.0 Å². The molecule has 1 heterocycles. The van der Waals surface area contributed by atoms with Crippen LogP contribution in [-0.2, 0) is 0 Å². The van der Waals surface area contributed by atoms with E-state index in [1.54, 1.807) is 0 Å². The van der Waals surface area contributed by atoms with E-state index in [1.165, 1.54) is 39.9 Å². The van der Waals surface area contributed by atoms with Crippen LogP contribution in [0.4, 0.5) is 0 Å². The summed E-state index contributed by atoms with van der Waals surface area (Å²) in [6.07, 6.45) is 5.60. The molecule has 0 saturated heterocycles. The Balaban J connectivity index is 1.82. The van der Waals surface area contributed by atoms with Gasteiger partial charge in [-0.1, -0.05) is 19.3 Å². The van der Waals surface area contributed by atoms with Crippen LogP contribution in [0.3, 0.4) is 0 Å². The largest absolute Gasteiger partial charge is 0.329 e. The van der Waals surface area contributed by atoms with Gasteiger partial charge in [0.25, 0.3) is 0 Å². The quantitative estimate of drug-likeness (QED) is 0.841. The lowest BCUT2D eigenvalue weighted by atomic mass is 9.83. The molecular formula is C13H21BrN2S. The molecule has 1 atom stereocenters. The fourth-order valence-electron chi connectivity index (χ4n) is 2.20. The van der Waals surface area contributed by atoms with Gasteiger partial charge in [0.05, 0.1) is 6.04 Å². The van der Waals surface area contributed by atoms with Gasteiger partial charge in [0.15, 0.2) is 0 Å². The Bertz CT molecular complexity index is 341. The molecule has 1 aliphatic rings. The van der Waals surface area contributed by atoms with E-state index in [4.69, 9.17) is 5.73 Å². The van der Waals surface area contributed by atoms with Crippen LogP contribution in [0.5, 0.6) is 0 Å². The standard InChI is InChI=1S/C13H21BrN2S/c1-9-11(14)7-13(17-9)12(8-15)16-6-5-10-3-2-4-10/h7,10,12,16H,2-6,8,15H2,1H3. The maximum atomic E-state index is 5.86. The molecule has 4 heteroatoms. The van der Waals surface area contributed by atoms with Gasteiger partial charge in [-0.2, -0.15) is 0 Å². The summed E-state index contributed by atoms with van der Waals surface area (Å²) in [6, 6.07) is 2.53. The highest BCUT2D eigenvalue weighted by Crippen LogP contribution is 2.31. The van der Waals surface area contributed by atoms with Crippen LogP contribution >= 0.6 is 27.3 Å². The monoisotopic (exact) mass is 316 g/mol. The zero-order valence-electron chi connectivity index (χ0n) is 10.3. The smallest absolute Gasteiger partial charge is 0.0539 e. The van der Waals surface area contributed by atoms with Crippen molar-refractivity contribution in [2.75, 3.05) is 13.1 Å². The SMILES string of the molecule is Cc1sc(C(CN)NCCC2CCC2)cc1Br. The molecule has 0 bridgehead atoms. The van der Waals surface area contributed by atoms with E-state index in [0.29, 0.717) is 12.6 Å². The van der Waals surface area contributed by atoms with Crippen LogP contribution in [0, 0.1) is 12.8 Å². The molecule has 1 aromatic rings. The molecule has 1 unspecified atom stereocenters. The maximum Gasteiger partial charge on any atom is 0.0539 e. The van der Waals surface area contributed by atoms with Crippen molar-refractivity contribution in [3.63, 3.8) is 0 Å². The van der Waals surface area contributed by atoms with E-state index in [1.807, 2.05) is 11.3 Å². The second kappa shape index (κ2) is 6.32. The lowest BCUT2D eigenvalue weighted by Gasteiger charge is -2.26.